The highest BCUT2D eigenvalue weighted by molar-refractivity contribution is 6.01. The lowest BCUT2D eigenvalue weighted by Crippen LogP contribution is -2.32. The maximum absolute atomic E-state index is 11.4. The van der Waals surface area contributed by atoms with Crippen molar-refractivity contribution in [3.8, 4) is 0 Å². The van der Waals surface area contributed by atoms with E-state index in [0.717, 1.165) is 37.2 Å². The van der Waals surface area contributed by atoms with Crippen molar-refractivity contribution in [2.75, 3.05) is 13.2 Å². The first-order chi connectivity index (χ1) is 10.1. The monoisotopic (exact) mass is 288 g/mol. The molecule has 0 amide bonds. The van der Waals surface area contributed by atoms with Crippen LogP contribution in [0.25, 0.3) is 11.0 Å². The van der Waals surface area contributed by atoms with Crippen molar-refractivity contribution in [2.24, 2.45) is 0 Å². The molecule has 1 atom stereocenters. The molecule has 1 saturated heterocycles. The van der Waals surface area contributed by atoms with Crippen molar-refractivity contribution in [3.05, 3.63) is 29.6 Å². The molecule has 0 saturated carbocycles. The number of hydrogen-bond acceptors (Lipinski definition) is 3. The second kappa shape index (κ2) is 5.15. The van der Waals surface area contributed by atoms with Crippen LogP contribution in [-0.4, -0.2) is 33.8 Å². The van der Waals surface area contributed by atoms with Gasteiger partial charge in [0, 0.05) is 13.0 Å². The van der Waals surface area contributed by atoms with Crippen LogP contribution in [-0.2, 0) is 16.7 Å². The fraction of sp³-hybridized carbons (Fsp3) is 0.500. The van der Waals surface area contributed by atoms with Crippen molar-refractivity contribution < 1.29 is 14.6 Å². The number of rotatable bonds is 4. The number of aryl methyl sites for hydroxylation is 1. The molecule has 0 aliphatic carbocycles. The van der Waals surface area contributed by atoms with E-state index in [-0.39, 0.29) is 11.1 Å². The molecule has 21 heavy (non-hydrogen) atoms. The first kappa shape index (κ1) is 14.1. The minimum absolute atomic E-state index is 0.142. The van der Waals surface area contributed by atoms with E-state index in [1.54, 1.807) is 12.1 Å². The summed E-state index contributed by atoms with van der Waals surface area (Å²) < 4.78 is 7.78. The number of benzene rings is 1. The number of carbonyl (C=O) groups is 1. The SMILES string of the molecule is CCCc1nc2c(C(=O)O)cccc2n1C1(C)CCOC1. The minimum Gasteiger partial charge on any atom is -0.478 e. The molecule has 0 bridgehead atoms. The number of fused-ring (bicyclic) bond motifs is 1. The molecule has 0 spiro atoms. The van der Waals surface area contributed by atoms with Gasteiger partial charge in [-0.15, -0.1) is 0 Å². The molecule has 1 aliphatic rings. The molecule has 2 heterocycles. The summed E-state index contributed by atoms with van der Waals surface area (Å²) in [6.07, 6.45) is 2.73. The van der Waals surface area contributed by atoms with Gasteiger partial charge in [-0.25, -0.2) is 9.78 Å². The van der Waals surface area contributed by atoms with Gasteiger partial charge in [0.25, 0.3) is 0 Å². The molecule has 1 unspecified atom stereocenters. The molecule has 2 aromatic rings. The molecule has 5 nitrogen and oxygen atoms in total. The number of hydrogen-bond donors (Lipinski definition) is 1. The number of aromatic nitrogens is 2. The van der Waals surface area contributed by atoms with Crippen molar-refractivity contribution in [1.29, 1.82) is 0 Å². The Balaban J connectivity index is 2.28. The molecule has 1 aliphatic heterocycles. The number of para-hydroxylation sites is 1. The third kappa shape index (κ3) is 2.21. The summed E-state index contributed by atoms with van der Waals surface area (Å²) >= 11 is 0. The van der Waals surface area contributed by atoms with Gasteiger partial charge in [-0.1, -0.05) is 13.0 Å². The molecule has 112 valence electrons. The Bertz CT molecular complexity index is 684. The van der Waals surface area contributed by atoms with E-state index in [9.17, 15) is 9.90 Å². The van der Waals surface area contributed by atoms with Gasteiger partial charge in [0.15, 0.2) is 0 Å². The summed E-state index contributed by atoms with van der Waals surface area (Å²) in [5.41, 5.74) is 1.61. The number of aromatic carboxylic acids is 1. The number of ether oxygens (including phenoxy) is 1. The molecule has 0 radical (unpaired) electrons. The molecular weight excluding hydrogens is 268 g/mol. The van der Waals surface area contributed by atoms with E-state index < -0.39 is 5.97 Å². The highest BCUT2D eigenvalue weighted by Gasteiger charge is 2.35. The van der Waals surface area contributed by atoms with Crippen molar-refractivity contribution >= 4 is 17.0 Å². The maximum atomic E-state index is 11.4. The smallest absolute Gasteiger partial charge is 0.337 e. The summed E-state index contributed by atoms with van der Waals surface area (Å²) in [7, 11) is 0. The lowest BCUT2D eigenvalue weighted by molar-refractivity contribution is 0.0699. The van der Waals surface area contributed by atoms with E-state index in [0.29, 0.717) is 12.1 Å². The van der Waals surface area contributed by atoms with E-state index in [1.165, 1.54) is 0 Å². The number of nitrogens with zero attached hydrogens (tertiary/aromatic N) is 2. The molecule has 1 N–H and O–H groups in total. The summed E-state index contributed by atoms with van der Waals surface area (Å²) in [6, 6.07) is 5.36. The van der Waals surface area contributed by atoms with Crippen molar-refractivity contribution in [1.82, 2.24) is 9.55 Å². The average Bonchev–Trinajstić information content (AvgIpc) is 3.02. The Labute approximate surface area is 123 Å². The molecule has 5 heteroatoms. The van der Waals surface area contributed by atoms with Gasteiger partial charge in [0.2, 0.25) is 0 Å². The second-order valence-corrected chi connectivity index (χ2v) is 5.89. The van der Waals surface area contributed by atoms with E-state index in [1.807, 2.05) is 6.07 Å². The van der Waals surface area contributed by atoms with Gasteiger partial charge < -0.3 is 14.4 Å². The van der Waals surface area contributed by atoms with E-state index in [2.05, 4.69) is 23.4 Å². The van der Waals surface area contributed by atoms with Gasteiger partial charge in [-0.3, -0.25) is 0 Å². The average molecular weight is 288 g/mol. The van der Waals surface area contributed by atoms with Crippen LogP contribution in [0, 0.1) is 0 Å². The van der Waals surface area contributed by atoms with Gasteiger partial charge in [-0.2, -0.15) is 0 Å². The minimum atomic E-state index is -0.930. The number of carboxylic acid groups (broad SMARTS) is 1. The summed E-state index contributed by atoms with van der Waals surface area (Å²) in [5, 5.41) is 9.37. The van der Waals surface area contributed by atoms with Crippen LogP contribution in [0.15, 0.2) is 18.2 Å². The molecule has 1 aromatic carbocycles. The molecule has 1 aromatic heterocycles. The lowest BCUT2D eigenvalue weighted by atomic mass is 10.00. The summed E-state index contributed by atoms with van der Waals surface area (Å²) in [5.74, 6) is 0.0234. The summed E-state index contributed by atoms with van der Waals surface area (Å²) in [6.45, 7) is 5.65. The van der Waals surface area contributed by atoms with Crippen LogP contribution in [0.5, 0.6) is 0 Å². The highest BCUT2D eigenvalue weighted by atomic mass is 16.5. The number of carboxylic acids is 1. The second-order valence-electron chi connectivity index (χ2n) is 5.89. The predicted octanol–water partition coefficient (Wildman–Crippen LogP) is 2.82. The molecular formula is C16H20N2O3. The molecule has 3 rings (SSSR count). The van der Waals surface area contributed by atoms with Crippen LogP contribution in [0.4, 0.5) is 0 Å². The number of imidazole rings is 1. The third-order valence-electron chi connectivity index (χ3n) is 4.20. The van der Waals surface area contributed by atoms with Crippen LogP contribution < -0.4 is 0 Å². The van der Waals surface area contributed by atoms with Gasteiger partial charge in [-0.05, 0) is 31.9 Å². The first-order valence-corrected chi connectivity index (χ1v) is 7.38. The van der Waals surface area contributed by atoms with Crippen LogP contribution in [0.2, 0.25) is 0 Å². The fourth-order valence-corrected chi connectivity index (χ4v) is 3.15. The van der Waals surface area contributed by atoms with E-state index >= 15 is 0 Å². The first-order valence-electron chi connectivity index (χ1n) is 7.38. The normalized spacial score (nSPS) is 22.0. The molecule has 1 fully saturated rings. The van der Waals surface area contributed by atoms with Gasteiger partial charge in [0.05, 0.1) is 23.2 Å². The van der Waals surface area contributed by atoms with Crippen LogP contribution in [0.3, 0.4) is 0 Å². The predicted molar refractivity (Wildman–Crippen MR) is 79.8 cm³/mol. The third-order valence-corrected chi connectivity index (χ3v) is 4.20. The zero-order chi connectivity index (χ0) is 15.0. The Hall–Kier alpha value is -1.88. The van der Waals surface area contributed by atoms with Gasteiger partial charge >= 0.3 is 5.97 Å². The quantitative estimate of drug-likeness (QED) is 0.939. The Morgan fingerprint density at radius 2 is 2.33 bits per heavy atom. The van der Waals surface area contributed by atoms with Crippen molar-refractivity contribution in [2.45, 2.75) is 38.6 Å². The topological polar surface area (TPSA) is 64.3 Å². The fourth-order valence-electron chi connectivity index (χ4n) is 3.15. The largest absolute Gasteiger partial charge is 0.478 e. The Morgan fingerprint density at radius 3 is 2.95 bits per heavy atom. The van der Waals surface area contributed by atoms with Crippen LogP contribution >= 0.6 is 0 Å². The lowest BCUT2D eigenvalue weighted by Gasteiger charge is -2.27. The Kier molecular flexibility index (Phi) is 3.45. The maximum Gasteiger partial charge on any atom is 0.337 e. The Morgan fingerprint density at radius 1 is 1.52 bits per heavy atom. The van der Waals surface area contributed by atoms with Crippen LogP contribution in [0.1, 0.15) is 42.9 Å². The zero-order valence-corrected chi connectivity index (χ0v) is 12.4. The highest BCUT2D eigenvalue weighted by Crippen LogP contribution is 2.33. The zero-order valence-electron chi connectivity index (χ0n) is 12.4. The van der Waals surface area contributed by atoms with E-state index in [4.69, 9.17) is 4.74 Å². The van der Waals surface area contributed by atoms with Gasteiger partial charge in [0.1, 0.15) is 11.3 Å². The van der Waals surface area contributed by atoms with Crippen molar-refractivity contribution in [3.63, 3.8) is 0 Å². The summed E-state index contributed by atoms with van der Waals surface area (Å²) in [4.78, 5) is 16.1. The standard InChI is InChI=1S/C16H20N2O3/c1-3-5-13-17-14-11(15(19)20)6-4-7-12(14)18(13)16(2)8-9-21-10-16/h4,6-7H,3,5,8-10H2,1-2H3,(H,19,20).